The molecule has 1 aliphatic carbocycles. The van der Waals surface area contributed by atoms with Gasteiger partial charge in [0, 0.05) is 26.2 Å². The maximum absolute atomic E-state index is 11.8. The highest BCUT2D eigenvalue weighted by atomic mass is 16.5. The number of amides is 1. The molecule has 1 aliphatic heterocycles. The number of carbonyl (C=O) groups is 1. The zero-order valence-electron chi connectivity index (χ0n) is 12.6. The lowest BCUT2D eigenvalue weighted by Crippen LogP contribution is -2.50. The van der Waals surface area contributed by atoms with Crippen LogP contribution in [0.5, 0.6) is 0 Å². The molecule has 1 amide bonds. The van der Waals surface area contributed by atoms with E-state index in [-0.39, 0.29) is 16.9 Å². The Morgan fingerprint density at radius 3 is 2.68 bits per heavy atom. The van der Waals surface area contributed by atoms with E-state index in [9.17, 15) is 4.79 Å². The SMILES string of the molecule is CNC(=O)C(C)(C)CNC1CCOC2(CCCC2)C1. The van der Waals surface area contributed by atoms with Crippen molar-refractivity contribution in [3.63, 3.8) is 0 Å². The Morgan fingerprint density at radius 1 is 1.37 bits per heavy atom. The average Bonchev–Trinajstić information content (AvgIpc) is 2.83. The number of hydrogen-bond acceptors (Lipinski definition) is 3. The summed E-state index contributed by atoms with van der Waals surface area (Å²) in [4.78, 5) is 11.8. The molecule has 0 radical (unpaired) electrons. The van der Waals surface area contributed by atoms with Gasteiger partial charge < -0.3 is 15.4 Å². The van der Waals surface area contributed by atoms with E-state index >= 15 is 0 Å². The smallest absolute Gasteiger partial charge is 0.226 e. The van der Waals surface area contributed by atoms with E-state index in [1.165, 1.54) is 25.7 Å². The van der Waals surface area contributed by atoms with Crippen molar-refractivity contribution >= 4 is 5.91 Å². The second kappa shape index (κ2) is 5.80. The van der Waals surface area contributed by atoms with Crippen LogP contribution < -0.4 is 10.6 Å². The van der Waals surface area contributed by atoms with Crippen molar-refractivity contribution in [3.8, 4) is 0 Å². The molecule has 1 heterocycles. The lowest BCUT2D eigenvalue weighted by molar-refractivity contribution is -0.129. The Morgan fingerprint density at radius 2 is 2.05 bits per heavy atom. The topological polar surface area (TPSA) is 50.4 Å². The monoisotopic (exact) mass is 268 g/mol. The molecule has 0 aromatic carbocycles. The summed E-state index contributed by atoms with van der Waals surface area (Å²) in [6.45, 7) is 5.57. The van der Waals surface area contributed by atoms with E-state index in [4.69, 9.17) is 4.74 Å². The lowest BCUT2D eigenvalue weighted by Gasteiger charge is -2.39. The highest BCUT2D eigenvalue weighted by Crippen LogP contribution is 2.40. The molecule has 1 saturated heterocycles. The minimum absolute atomic E-state index is 0.0997. The number of nitrogens with one attached hydrogen (secondary N) is 2. The predicted octanol–water partition coefficient (Wildman–Crippen LogP) is 1.84. The molecule has 2 fully saturated rings. The van der Waals surface area contributed by atoms with Crippen molar-refractivity contribution < 1.29 is 9.53 Å². The highest BCUT2D eigenvalue weighted by molar-refractivity contribution is 5.81. The Kier molecular flexibility index (Phi) is 4.51. The van der Waals surface area contributed by atoms with Gasteiger partial charge in [0.05, 0.1) is 11.0 Å². The summed E-state index contributed by atoms with van der Waals surface area (Å²) in [5.74, 6) is 0.0997. The van der Waals surface area contributed by atoms with Gasteiger partial charge in [0.15, 0.2) is 0 Å². The van der Waals surface area contributed by atoms with Crippen LogP contribution in [0.1, 0.15) is 52.4 Å². The van der Waals surface area contributed by atoms with Crippen molar-refractivity contribution in [3.05, 3.63) is 0 Å². The predicted molar refractivity (Wildman–Crippen MR) is 76.0 cm³/mol. The van der Waals surface area contributed by atoms with Crippen LogP contribution in [0.15, 0.2) is 0 Å². The van der Waals surface area contributed by atoms with E-state index < -0.39 is 0 Å². The van der Waals surface area contributed by atoms with Gasteiger partial charge in [0.25, 0.3) is 0 Å². The van der Waals surface area contributed by atoms with Gasteiger partial charge in [-0.15, -0.1) is 0 Å². The maximum atomic E-state index is 11.8. The number of hydrogen-bond donors (Lipinski definition) is 2. The van der Waals surface area contributed by atoms with Crippen LogP contribution in [-0.4, -0.2) is 37.7 Å². The molecule has 2 N–H and O–H groups in total. The molecular weight excluding hydrogens is 240 g/mol. The zero-order valence-corrected chi connectivity index (χ0v) is 12.6. The first-order valence-electron chi connectivity index (χ1n) is 7.57. The van der Waals surface area contributed by atoms with E-state index in [1.807, 2.05) is 13.8 Å². The van der Waals surface area contributed by atoms with Gasteiger partial charge in [-0.25, -0.2) is 0 Å². The Balaban J connectivity index is 1.84. The van der Waals surface area contributed by atoms with Crippen LogP contribution in [0, 0.1) is 5.41 Å². The molecule has 2 rings (SSSR count). The Labute approximate surface area is 116 Å². The first kappa shape index (κ1) is 14.8. The molecule has 4 nitrogen and oxygen atoms in total. The molecule has 0 bridgehead atoms. The van der Waals surface area contributed by atoms with E-state index in [0.717, 1.165) is 26.0 Å². The van der Waals surface area contributed by atoms with Crippen molar-refractivity contribution in [1.82, 2.24) is 10.6 Å². The van der Waals surface area contributed by atoms with Gasteiger partial charge in [-0.1, -0.05) is 12.8 Å². The molecule has 1 spiro atoms. The molecule has 0 aromatic heterocycles. The summed E-state index contributed by atoms with van der Waals surface area (Å²) < 4.78 is 6.04. The van der Waals surface area contributed by atoms with E-state index in [1.54, 1.807) is 7.05 Å². The average molecular weight is 268 g/mol. The molecule has 110 valence electrons. The first-order chi connectivity index (χ1) is 8.97. The third kappa shape index (κ3) is 3.48. The fourth-order valence-corrected chi connectivity index (χ4v) is 3.39. The first-order valence-corrected chi connectivity index (χ1v) is 7.57. The third-order valence-corrected chi connectivity index (χ3v) is 4.68. The summed E-state index contributed by atoms with van der Waals surface area (Å²) in [7, 11) is 1.70. The fraction of sp³-hybridized carbons (Fsp3) is 0.933. The van der Waals surface area contributed by atoms with Gasteiger partial charge in [0.2, 0.25) is 5.91 Å². The summed E-state index contributed by atoms with van der Waals surface area (Å²) in [5, 5.41) is 6.33. The molecule has 1 atom stereocenters. The van der Waals surface area contributed by atoms with Crippen LogP contribution in [0.3, 0.4) is 0 Å². The van der Waals surface area contributed by atoms with Crippen molar-refractivity contribution in [2.75, 3.05) is 20.2 Å². The van der Waals surface area contributed by atoms with Crippen LogP contribution in [-0.2, 0) is 9.53 Å². The minimum atomic E-state index is -0.351. The van der Waals surface area contributed by atoms with Gasteiger partial charge in [-0.2, -0.15) is 0 Å². The standard InChI is InChI=1S/C15H28N2O2/c1-14(2,13(18)16-3)11-17-12-6-9-19-15(10-12)7-4-5-8-15/h12,17H,4-11H2,1-3H3,(H,16,18). The second-order valence-electron chi connectivity index (χ2n) is 6.77. The summed E-state index contributed by atoms with van der Waals surface area (Å²) >= 11 is 0. The molecule has 2 aliphatic rings. The summed E-state index contributed by atoms with van der Waals surface area (Å²) in [6, 6.07) is 0.496. The second-order valence-corrected chi connectivity index (χ2v) is 6.77. The van der Waals surface area contributed by atoms with Gasteiger partial charge >= 0.3 is 0 Å². The zero-order chi connectivity index (χ0) is 13.9. The number of ether oxygens (including phenoxy) is 1. The van der Waals surface area contributed by atoms with Crippen molar-refractivity contribution in [2.45, 2.75) is 64.0 Å². The quantitative estimate of drug-likeness (QED) is 0.818. The van der Waals surface area contributed by atoms with Crippen molar-refractivity contribution in [2.24, 2.45) is 5.41 Å². The third-order valence-electron chi connectivity index (χ3n) is 4.68. The van der Waals surface area contributed by atoms with Gasteiger partial charge in [-0.3, -0.25) is 4.79 Å². The Bertz CT molecular complexity index is 322. The highest BCUT2D eigenvalue weighted by Gasteiger charge is 2.40. The van der Waals surface area contributed by atoms with Gasteiger partial charge in [0.1, 0.15) is 0 Å². The van der Waals surface area contributed by atoms with Crippen LogP contribution >= 0.6 is 0 Å². The molecule has 0 aromatic rings. The van der Waals surface area contributed by atoms with Gasteiger partial charge in [-0.05, 0) is 39.5 Å². The molecule has 1 saturated carbocycles. The number of carbonyl (C=O) groups excluding carboxylic acids is 1. The molecule has 19 heavy (non-hydrogen) atoms. The molecular formula is C15H28N2O2. The van der Waals surface area contributed by atoms with Crippen LogP contribution in [0.2, 0.25) is 0 Å². The van der Waals surface area contributed by atoms with E-state index in [0.29, 0.717) is 6.04 Å². The van der Waals surface area contributed by atoms with Crippen LogP contribution in [0.25, 0.3) is 0 Å². The summed E-state index contributed by atoms with van der Waals surface area (Å²) in [5.41, 5.74) is -0.205. The van der Waals surface area contributed by atoms with Crippen LogP contribution in [0.4, 0.5) is 0 Å². The molecule has 1 unspecified atom stereocenters. The minimum Gasteiger partial charge on any atom is -0.375 e. The number of rotatable bonds is 4. The fourth-order valence-electron chi connectivity index (χ4n) is 3.39. The van der Waals surface area contributed by atoms with E-state index in [2.05, 4.69) is 10.6 Å². The molecule has 4 heteroatoms. The Hall–Kier alpha value is -0.610. The lowest BCUT2D eigenvalue weighted by atomic mass is 9.87. The van der Waals surface area contributed by atoms with Crippen molar-refractivity contribution in [1.29, 1.82) is 0 Å². The largest absolute Gasteiger partial charge is 0.375 e. The normalized spacial score (nSPS) is 26.6. The maximum Gasteiger partial charge on any atom is 0.226 e. The summed E-state index contributed by atoms with van der Waals surface area (Å²) in [6.07, 6.45) is 7.20.